The number of carbonyl (C=O) groups excluding carboxylic acids is 1. The van der Waals surface area contributed by atoms with Crippen LogP contribution in [0.2, 0.25) is 0 Å². The molecule has 16 heavy (non-hydrogen) atoms. The maximum absolute atomic E-state index is 11.4. The Morgan fingerprint density at radius 3 is 2.81 bits per heavy atom. The van der Waals surface area contributed by atoms with Gasteiger partial charge in [0.1, 0.15) is 11.8 Å². The van der Waals surface area contributed by atoms with Gasteiger partial charge in [-0.2, -0.15) is 0 Å². The van der Waals surface area contributed by atoms with E-state index in [1.807, 2.05) is 29.2 Å². The quantitative estimate of drug-likeness (QED) is 0.724. The zero-order chi connectivity index (χ0) is 11.5. The van der Waals surface area contributed by atoms with Gasteiger partial charge in [-0.05, 0) is 18.6 Å². The number of hydrogen-bond donors (Lipinski definition) is 0. The van der Waals surface area contributed by atoms with Crippen LogP contribution in [-0.2, 0) is 9.53 Å². The van der Waals surface area contributed by atoms with Crippen molar-refractivity contribution in [1.82, 2.24) is 0 Å². The van der Waals surface area contributed by atoms with E-state index >= 15 is 0 Å². The standard InChI is InChI=1S/C12H15NO3/c1-15-10-5-3-4-9(8-10)13-7-6-11(13)12(14)16-2/h3-5,8,11H,6-7H2,1-2H3. The van der Waals surface area contributed by atoms with Gasteiger partial charge >= 0.3 is 5.97 Å². The topological polar surface area (TPSA) is 38.8 Å². The van der Waals surface area contributed by atoms with Crippen molar-refractivity contribution in [2.45, 2.75) is 12.5 Å². The second-order valence-corrected chi connectivity index (χ2v) is 3.72. The third-order valence-electron chi connectivity index (χ3n) is 2.88. The van der Waals surface area contributed by atoms with Crippen molar-refractivity contribution in [2.24, 2.45) is 0 Å². The van der Waals surface area contributed by atoms with Crippen LogP contribution in [0.4, 0.5) is 5.69 Å². The minimum absolute atomic E-state index is 0.142. The lowest BCUT2D eigenvalue weighted by Crippen LogP contribution is -2.53. The number of ether oxygens (including phenoxy) is 2. The number of carbonyl (C=O) groups is 1. The van der Waals surface area contributed by atoms with E-state index in [4.69, 9.17) is 9.47 Å². The van der Waals surface area contributed by atoms with Crippen molar-refractivity contribution in [3.05, 3.63) is 24.3 Å². The maximum Gasteiger partial charge on any atom is 0.328 e. The number of nitrogens with zero attached hydrogens (tertiary/aromatic N) is 1. The molecule has 1 saturated heterocycles. The molecular formula is C12H15NO3. The lowest BCUT2D eigenvalue weighted by molar-refractivity contribution is -0.143. The van der Waals surface area contributed by atoms with Crippen LogP contribution in [-0.4, -0.2) is 32.8 Å². The third-order valence-corrected chi connectivity index (χ3v) is 2.88. The van der Waals surface area contributed by atoms with E-state index in [0.717, 1.165) is 24.4 Å². The molecule has 0 radical (unpaired) electrons. The fourth-order valence-electron chi connectivity index (χ4n) is 1.87. The van der Waals surface area contributed by atoms with Crippen LogP contribution in [0.5, 0.6) is 5.75 Å². The van der Waals surface area contributed by atoms with Gasteiger partial charge in [0.2, 0.25) is 0 Å². The third kappa shape index (κ3) is 1.83. The first kappa shape index (κ1) is 10.8. The minimum Gasteiger partial charge on any atom is -0.497 e. The summed E-state index contributed by atoms with van der Waals surface area (Å²) in [6.45, 7) is 0.882. The Bertz CT molecular complexity index is 392. The molecule has 0 aromatic heterocycles. The Hall–Kier alpha value is -1.71. The normalized spacial score (nSPS) is 18.9. The molecule has 4 heteroatoms. The zero-order valence-corrected chi connectivity index (χ0v) is 9.47. The highest BCUT2D eigenvalue weighted by atomic mass is 16.5. The molecule has 0 spiro atoms. The van der Waals surface area contributed by atoms with E-state index in [9.17, 15) is 4.79 Å². The SMILES string of the molecule is COC(=O)C1CCN1c1cccc(OC)c1. The van der Waals surface area contributed by atoms with Gasteiger partial charge in [-0.3, -0.25) is 0 Å². The molecule has 0 amide bonds. The van der Waals surface area contributed by atoms with Crippen molar-refractivity contribution < 1.29 is 14.3 Å². The van der Waals surface area contributed by atoms with Gasteiger partial charge in [-0.25, -0.2) is 4.79 Å². The number of hydrogen-bond acceptors (Lipinski definition) is 4. The van der Waals surface area contributed by atoms with Gasteiger partial charge in [0.15, 0.2) is 0 Å². The molecule has 0 bridgehead atoms. The highest BCUT2D eigenvalue weighted by molar-refractivity contribution is 5.82. The molecule has 4 nitrogen and oxygen atoms in total. The lowest BCUT2D eigenvalue weighted by atomic mass is 10.0. The fourth-order valence-corrected chi connectivity index (χ4v) is 1.87. The largest absolute Gasteiger partial charge is 0.497 e. The smallest absolute Gasteiger partial charge is 0.328 e. The number of benzene rings is 1. The first-order valence-electron chi connectivity index (χ1n) is 5.25. The average molecular weight is 221 g/mol. The molecule has 1 aromatic rings. The van der Waals surface area contributed by atoms with Crippen molar-refractivity contribution >= 4 is 11.7 Å². The number of esters is 1. The second-order valence-electron chi connectivity index (χ2n) is 3.72. The molecule has 2 rings (SSSR count). The molecule has 1 fully saturated rings. The lowest BCUT2D eigenvalue weighted by Gasteiger charge is -2.40. The van der Waals surface area contributed by atoms with Crippen molar-refractivity contribution in [2.75, 3.05) is 25.7 Å². The van der Waals surface area contributed by atoms with Gasteiger partial charge in [0.05, 0.1) is 14.2 Å². The zero-order valence-electron chi connectivity index (χ0n) is 9.47. The van der Waals surface area contributed by atoms with Crippen molar-refractivity contribution in [1.29, 1.82) is 0 Å². The first-order valence-corrected chi connectivity index (χ1v) is 5.25. The summed E-state index contributed by atoms with van der Waals surface area (Å²) in [5, 5.41) is 0. The molecule has 1 atom stereocenters. The Labute approximate surface area is 94.8 Å². The van der Waals surface area contributed by atoms with E-state index in [2.05, 4.69) is 0 Å². The highest BCUT2D eigenvalue weighted by Crippen LogP contribution is 2.29. The van der Waals surface area contributed by atoms with Crippen LogP contribution < -0.4 is 9.64 Å². The maximum atomic E-state index is 11.4. The Kier molecular flexibility index (Phi) is 2.99. The molecule has 1 aliphatic heterocycles. The Morgan fingerprint density at radius 2 is 2.25 bits per heavy atom. The van der Waals surface area contributed by atoms with E-state index in [1.54, 1.807) is 7.11 Å². The van der Waals surface area contributed by atoms with Crippen LogP contribution in [0.3, 0.4) is 0 Å². The molecule has 1 unspecified atom stereocenters. The summed E-state index contributed by atoms with van der Waals surface area (Å²) < 4.78 is 9.90. The number of methoxy groups -OCH3 is 2. The molecule has 86 valence electrons. The van der Waals surface area contributed by atoms with E-state index in [0.29, 0.717) is 0 Å². The van der Waals surface area contributed by atoms with Crippen LogP contribution in [0.25, 0.3) is 0 Å². The first-order chi connectivity index (χ1) is 7.76. The summed E-state index contributed by atoms with van der Waals surface area (Å²) in [7, 11) is 3.05. The number of rotatable bonds is 3. The van der Waals surface area contributed by atoms with Gasteiger partial charge < -0.3 is 14.4 Å². The van der Waals surface area contributed by atoms with Gasteiger partial charge in [-0.15, -0.1) is 0 Å². The van der Waals surface area contributed by atoms with Gasteiger partial charge in [0.25, 0.3) is 0 Å². The van der Waals surface area contributed by atoms with Crippen molar-refractivity contribution in [3.8, 4) is 5.75 Å². The average Bonchev–Trinajstić information content (AvgIpc) is 2.27. The van der Waals surface area contributed by atoms with Crippen molar-refractivity contribution in [3.63, 3.8) is 0 Å². The van der Waals surface area contributed by atoms with Crippen LogP contribution in [0.1, 0.15) is 6.42 Å². The van der Waals surface area contributed by atoms with Crippen LogP contribution >= 0.6 is 0 Å². The van der Waals surface area contributed by atoms with Gasteiger partial charge in [0, 0.05) is 18.3 Å². The Morgan fingerprint density at radius 1 is 1.44 bits per heavy atom. The molecule has 1 aliphatic rings. The van der Waals surface area contributed by atoms with E-state index < -0.39 is 0 Å². The number of anilines is 1. The summed E-state index contributed by atoms with van der Waals surface area (Å²) in [5.74, 6) is 0.627. The molecule has 1 aromatic carbocycles. The minimum atomic E-state index is -0.172. The summed E-state index contributed by atoms with van der Waals surface area (Å²) in [5.41, 5.74) is 1.00. The molecular weight excluding hydrogens is 206 g/mol. The molecule has 1 heterocycles. The summed E-state index contributed by atoms with van der Waals surface area (Å²) in [6, 6.07) is 7.56. The predicted octanol–water partition coefficient (Wildman–Crippen LogP) is 1.45. The fraction of sp³-hybridized carbons (Fsp3) is 0.417. The second kappa shape index (κ2) is 4.43. The summed E-state index contributed by atoms with van der Waals surface area (Å²) >= 11 is 0. The summed E-state index contributed by atoms with van der Waals surface area (Å²) in [4.78, 5) is 13.5. The van der Waals surface area contributed by atoms with E-state index in [1.165, 1.54) is 7.11 Å². The molecule has 0 N–H and O–H groups in total. The Balaban J connectivity index is 2.15. The van der Waals surface area contributed by atoms with Crippen LogP contribution in [0, 0.1) is 0 Å². The van der Waals surface area contributed by atoms with Gasteiger partial charge in [-0.1, -0.05) is 6.07 Å². The predicted molar refractivity (Wildman–Crippen MR) is 60.8 cm³/mol. The molecule has 0 saturated carbocycles. The van der Waals surface area contributed by atoms with E-state index in [-0.39, 0.29) is 12.0 Å². The monoisotopic (exact) mass is 221 g/mol. The highest BCUT2D eigenvalue weighted by Gasteiger charge is 2.35. The van der Waals surface area contributed by atoms with Crippen LogP contribution in [0.15, 0.2) is 24.3 Å². The summed E-state index contributed by atoms with van der Waals surface area (Å²) in [6.07, 6.45) is 0.851. The molecule has 0 aliphatic carbocycles.